The molecule has 4 heterocycles. The number of hydrogen-bond acceptors (Lipinski definition) is 3. The predicted molar refractivity (Wildman–Crippen MR) is 242 cm³/mol. The first kappa shape index (κ1) is 38.0. The summed E-state index contributed by atoms with van der Waals surface area (Å²) in [5, 5.41) is 2.29. The van der Waals surface area contributed by atoms with E-state index in [-0.39, 0.29) is 16.2 Å². The van der Waals surface area contributed by atoms with Crippen LogP contribution in [0.15, 0.2) is 146 Å². The maximum Gasteiger partial charge on any atom is 0.269 e. The highest BCUT2D eigenvalue weighted by molar-refractivity contribution is 6.10. The topological polar surface area (TPSA) is 48.8 Å². The third kappa shape index (κ3) is 7.18. The summed E-state index contributed by atoms with van der Waals surface area (Å²) in [5.74, 6) is 2.21. The van der Waals surface area contributed by atoms with Crippen molar-refractivity contribution in [2.45, 2.75) is 78.6 Å². The van der Waals surface area contributed by atoms with Crippen molar-refractivity contribution in [3.8, 4) is 39.8 Å². The van der Waals surface area contributed by atoms with Crippen LogP contribution in [-0.2, 0) is 16.2 Å². The number of ether oxygens (including phenoxy) is 1. The van der Waals surface area contributed by atoms with Crippen LogP contribution >= 0.6 is 0 Å². The summed E-state index contributed by atoms with van der Waals surface area (Å²) in [6.45, 7) is 20.2. The van der Waals surface area contributed by atoms with Crippen LogP contribution in [0.3, 0.4) is 0 Å². The summed E-state index contributed by atoms with van der Waals surface area (Å²) < 4.78 is 13.2. The molecular formula is C53H51N5O. The van der Waals surface area contributed by atoms with E-state index in [4.69, 9.17) is 14.7 Å². The van der Waals surface area contributed by atoms with Crippen LogP contribution in [0, 0.1) is 6.33 Å². The molecule has 0 spiro atoms. The van der Waals surface area contributed by atoms with Crippen molar-refractivity contribution in [3.05, 3.63) is 169 Å². The van der Waals surface area contributed by atoms with E-state index in [0.717, 1.165) is 50.0 Å². The fourth-order valence-corrected chi connectivity index (χ4v) is 7.92. The van der Waals surface area contributed by atoms with Gasteiger partial charge in [-0.2, -0.15) is 0 Å². The molecule has 9 aromatic rings. The average Bonchev–Trinajstić information content (AvgIpc) is 3.76. The average molecular weight is 774 g/mol. The van der Waals surface area contributed by atoms with Crippen LogP contribution in [0.2, 0.25) is 0 Å². The molecule has 4 aromatic heterocycles. The van der Waals surface area contributed by atoms with E-state index in [2.05, 4.69) is 198 Å². The molecule has 0 amide bonds. The highest BCUT2D eigenvalue weighted by atomic mass is 16.5. The molecule has 0 aliphatic rings. The maximum atomic E-state index is 6.70. The van der Waals surface area contributed by atoms with E-state index < -0.39 is 0 Å². The van der Waals surface area contributed by atoms with Crippen LogP contribution < -0.4 is 9.30 Å². The normalized spacial score (nSPS) is 12.5. The maximum absolute atomic E-state index is 6.70. The highest BCUT2D eigenvalue weighted by Crippen LogP contribution is 2.38. The fourth-order valence-electron chi connectivity index (χ4n) is 7.92. The van der Waals surface area contributed by atoms with Crippen molar-refractivity contribution in [1.29, 1.82) is 0 Å². The van der Waals surface area contributed by atoms with Crippen LogP contribution in [0.5, 0.6) is 11.5 Å². The number of imidazole rings is 1. The number of pyridine rings is 2. The van der Waals surface area contributed by atoms with Crippen LogP contribution in [0.25, 0.3) is 61.2 Å². The minimum atomic E-state index is -0.0314. The van der Waals surface area contributed by atoms with Gasteiger partial charge in [0.15, 0.2) is 0 Å². The number of benzene rings is 5. The van der Waals surface area contributed by atoms with Gasteiger partial charge in [0.05, 0.1) is 39.6 Å². The molecule has 6 nitrogen and oxygen atoms in total. The number of fused-ring (bicyclic) bond motifs is 4. The Labute approximate surface area is 347 Å². The monoisotopic (exact) mass is 773 g/mol. The SMILES string of the molecule is CC(C)(C)c1cccc(-[n+]2[c-]n(-c3cncc(Oc4ccc5c6cc(-c7ccccc7)ccc6n(-c6cc(C(C)(C)C)ccn6)c5c4)c3)c3ccc(C(C)(C)C)cc32)c1. The Hall–Kier alpha value is -6.53. The molecule has 294 valence electrons. The Morgan fingerprint density at radius 3 is 2.03 bits per heavy atom. The Bertz CT molecular complexity index is 3020. The van der Waals surface area contributed by atoms with Crippen molar-refractivity contribution in [2.24, 2.45) is 0 Å². The van der Waals surface area contributed by atoms with Crippen molar-refractivity contribution >= 4 is 32.8 Å². The molecule has 0 saturated carbocycles. The summed E-state index contributed by atoms with van der Waals surface area (Å²) in [7, 11) is 0. The molecule has 0 saturated heterocycles. The minimum absolute atomic E-state index is 0.0105. The molecule has 0 bridgehead atoms. The quantitative estimate of drug-likeness (QED) is 0.125. The molecule has 6 heteroatoms. The molecule has 0 aliphatic heterocycles. The highest BCUT2D eigenvalue weighted by Gasteiger charge is 2.22. The van der Waals surface area contributed by atoms with Crippen molar-refractivity contribution < 1.29 is 9.30 Å². The Morgan fingerprint density at radius 2 is 1.27 bits per heavy atom. The van der Waals surface area contributed by atoms with Crippen molar-refractivity contribution in [3.63, 3.8) is 0 Å². The zero-order valence-corrected chi connectivity index (χ0v) is 35.5. The molecule has 0 fully saturated rings. The van der Waals surface area contributed by atoms with Gasteiger partial charge >= 0.3 is 0 Å². The summed E-state index contributed by atoms with van der Waals surface area (Å²) in [5.41, 5.74) is 12.2. The molecule has 0 unspecified atom stereocenters. The second-order valence-corrected chi connectivity index (χ2v) is 18.8. The van der Waals surface area contributed by atoms with Gasteiger partial charge in [0, 0.05) is 29.2 Å². The lowest BCUT2D eigenvalue weighted by Crippen LogP contribution is -2.30. The lowest BCUT2D eigenvalue weighted by atomic mass is 9.86. The third-order valence-corrected chi connectivity index (χ3v) is 11.4. The van der Waals surface area contributed by atoms with E-state index in [1.807, 2.05) is 24.5 Å². The second kappa shape index (κ2) is 14.1. The largest absolute Gasteiger partial charge is 0.456 e. The van der Waals surface area contributed by atoms with Gasteiger partial charge in [-0.25, -0.2) is 4.98 Å². The Balaban J connectivity index is 1.15. The summed E-state index contributed by atoms with van der Waals surface area (Å²) in [4.78, 5) is 9.62. The molecule has 5 aromatic carbocycles. The molecule has 0 aliphatic carbocycles. The van der Waals surface area contributed by atoms with Gasteiger partial charge in [-0.1, -0.05) is 123 Å². The van der Waals surface area contributed by atoms with Crippen LogP contribution in [-0.4, -0.2) is 19.1 Å². The van der Waals surface area contributed by atoms with E-state index in [1.165, 1.54) is 27.8 Å². The zero-order valence-electron chi connectivity index (χ0n) is 35.5. The first-order chi connectivity index (χ1) is 28.1. The van der Waals surface area contributed by atoms with Gasteiger partial charge in [-0.05, 0) is 105 Å². The van der Waals surface area contributed by atoms with Gasteiger partial charge in [0.2, 0.25) is 0 Å². The van der Waals surface area contributed by atoms with E-state index in [1.54, 1.807) is 6.20 Å². The first-order valence-electron chi connectivity index (χ1n) is 20.5. The number of aromatic nitrogens is 5. The first-order valence-corrected chi connectivity index (χ1v) is 20.5. The minimum Gasteiger partial charge on any atom is -0.456 e. The molecular weight excluding hydrogens is 723 g/mol. The Morgan fingerprint density at radius 1 is 0.542 bits per heavy atom. The summed E-state index contributed by atoms with van der Waals surface area (Å²) in [6.07, 6.45) is 9.25. The van der Waals surface area contributed by atoms with E-state index in [9.17, 15) is 0 Å². The Kier molecular flexibility index (Phi) is 9.08. The van der Waals surface area contributed by atoms with Crippen LogP contribution in [0.4, 0.5) is 0 Å². The van der Waals surface area contributed by atoms with Crippen molar-refractivity contribution in [2.75, 3.05) is 0 Å². The van der Waals surface area contributed by atoms with Gasteiger partial charge in [-0.15, -0.1) is 0 Å². The van der Waals surface area contributed by atoms with E-state index in [0.29, 0.717) is 11.5 Å². The second-order valence-electron chi connectivity index (χ2n) is 18.8. The van der Waals surface area contributed by atoms with Crippen molar-refractivity contribution in [1.82, 2.24) is 19.1 Å². The number of nitrogens with zero attached hydrogens (tertiary/aromatic N) is 5. The number of rotatable bonds is 6. The fraction of sp³-hybridized carbons (Fsp3) is 0.226. The predicted octanol–water partition coefficient (Wildman–Crippen LogP) is 12.9. The molecule has 9 rings (SSSR count). The lowest BCUT2D eigenvalue weighted by molar-refractivity contribution is -0.572. The summed E-state index contributed by atoms with van der Waals surface area (Å²) >= 11 is 0. The molecule has 0 atom stereocenters. The van der Waals surface area contributed by atoms with E-state index >= 15 is 0 Å². The summed E-state index contributed by atoms with van der Waals surface area (Å²) in [6, 6.07) is 45.4. The van der Waals surface area contributed by atoms with Gasteiger partial charge in [0.25, 0.3) is 6.33 Å². The zero-order chi connectivity index (χ0) is 41.3. The smallest absolute Gasteiger partial charge is 0.269 e. The van der Waals surface area contributed by atoms with Gasteiger partial charge < -0.3 is 4.74 Å². The van der Waals surface area contributed by atoms with Crippen LogP contribution in [0.1, 0.15) is 79.0 Å². The van der Waals surface area contributed by atoms with Gasteiger partial charge in [0.1, 0.15) is 17.3 Å². The standard InChI is InChI=1S/C53H51N5O/c1-51(2,3)37-16-13-17-40(27-37)56-34-57(47-23-19-38(28-49(47)56)52(4,5)6)41-30-43(33-54-32-41)59-42-20-21-44-45-26-36(35-14-11-10-12-15-35)18-22-46(45)58(48(44)31-42)50-29-39(24-25-55-50)53(7,8)9/h10-33H,1-9H3. The van der Waals surface area contributed by atoms with Gasteiger partial charge in [-0.3, -0.25) is 18.7 Å². The third-order valence-electron chi connectivity index (χ3n) is 11.4. The molecule has 0 radical (unpaired) electrons. The lowest BCUT2D eigenvalue weighted by Gasteiger charge is -2.21. The molecule has 0 N–H and O–H groups in total. The number of hydrogen-bond donors (Lipinski definition) is 0. The molecule has 59 heavy (non-hydrogen) atoms.